The second kappa shape index (κ2) is 8.69. The monoisotopic (exact) mass is 437 g/mol. The quantitative estimate of drug-likeness (QED) is 0.539. The van der Waals surface area contributed by atoms with Crippen LogP contribution in [0.25, 0.3) is 10.9 Å². The van der Waals surface area contributed by atoms with Crippen LogP contribution in [0.15, 0.2) is 42.6 Å². The third kappa shape index (κ3) is 4.73. The molecule has 31 heavy (non-hydrogen) atoms. The minimum Gasteiger partial charge on any atom is -0.488 e. The molecule has 0 bridgehead atoms. The van der Waals surface area contributed by atoms with Crippen LogP contribution in [-0.4, -0.2) is 41.1 Å². The molecule has 160 valence electrons. The summed E-state index contributed by atoms with van der Waals surface area (Å²) < 4.78 is 6.25. The molecule has 1 amide bonds. The van der Waals surface area contributed by atoms with Crippen molar-refractivity contribution in [2.45, 2.75) is 37.8 Å². The topological polar surface area (TPSA) is 88.2 Å². The Balaban J connectivity index is 1.35. The van der Waals surface area contributed by atoms with E-state index in [0.717, 1.165) is 55.4 Å². The normalized spacial score (nSPS) is 16.8. The van der Waals surface area contributed by atoms with Crippen LogP contribution in [0, 0.1) is 0 Å². The summed E-state index contributed by atoms with van der Waals surface area (Å²) in [6.07, 6.45) is 5.99. The summed E-state index contributed by atoms with van der Waals surface area (Å²) in [6.45, 7) is 1.93. The number of carbonyl (C=O) groups is 1. The molecule has 7 nitrogen and oxygen atoms in total. The van der Waals surface area contributed by atoms with E-state index >= 15 is 0 Å². The summed E-state index contributed by atoms with van der Waals surface area (Å²) in [5, 5.41) is 10.8. The number of fused-ring (bicyclic) bond motifs is 1. The first kappa shape index (κ1) is 20.0. The number of nitrogens with one attached hydrogen (secondary N) is 3. The molecule has 0 spiro atoms. The van der Waals surface area contributed by atoms with E-state index in [1.54, 1.807) is 24.4 Å². The molecule has 1 saturated heterocycles. The number of nitrogens with zero attached hydrogens (tertiary/aromatic N) is 2. The number of piperidine rings is 1. The van der Waals surface area contributed by atoms with Crippen molar-refractivity contribution < 1.29 is 9.53 Å². The Morgan fingerprint density at radius 3 is 2.74 bits per heavy atom. The number of carbonyl (C=O) groups excluding carboxylic acids is 1. The van der Waals surface area contributed by atoms with Crippen molar-refractivity contribution in [2.75, 3.05) is 18.4 Å². The summed E-state index contributed by atoms with van der Waals surface area (Å²) in [5.74, 6) is 1.07. The Labute approximate surface area is 185 Å². The van der Waals surface area contributed by atoms with E-state index < -0.39 is 0 Å². The molecule has 2 fully saturated rings. The summed E-state index contributed by atoms with van der Waals surface area (Å²) in [7, 11) is 0. The maximum Gasteiger partial charge on any atom is 0.253 e. The molecule has 2 aromatic carbocycles. The van der Waals surface area contributed by atoms with Crippen molar-refractivity contribution in [3.63, 3.8) is 0 Å². The molecular formula is C23H24ClN5O2. The fourth-order valence-corrected chi connectivity index (χ4v) is 3.94. The predicted molar refractivity (Wildman–Crippen MR) is 121 cm³/mol. The molecule has 1 aliphatic heterocycles. The molecule has 2 heterocycles. The molecule has 3 aromatic rings. The van der Waals surface area contributed by atoms with Gasteiger partial charge in [-0.25, -0.2) is 9.97 Å². The Kier molecular flexibility index (Phi) is 5.61. The van der Waals surface area contributed by atoms with Gasteiger partial charge in [-0.1, -0.05) is 23.7 Å². The van der Waals surface area contributed by atoms with Crippen LogP contribution in [0.4, 0.5) is 11.6 Å². The molecule has 0 atom stereocenters. The highest BCUT2D eigenvalue weighted by atomic mass is 35.5. The number of anilines is 2. The maximum absolute atomic E-state index is 12.3. The van der Waals surface area contributed by atoms with Crippen molar-refractivity contribution in [1.82, 2.24) is 20.6 Å². The number of aromatic nitrogens is 2. The molecule has 1 aliphatic carbocycles. The van der Waals surface area contributed by atoms with Crippen LogP contribution in [0.5, 0.6) is 5.75 Å². The lowest BCUT2D eigenvalue weighted by Gasteiger charge is -2.24. The average Bonchev–Trinajstić information content (AvgIpc) is 3.59. The fraction of sp³-hybridized carbons (Fsp3) is 0.348. The van der Waals surface area contributed by atoms with Gasteiger partial charge >= 0.3 is 0 Å². The van der Waals surface area contributed by atoms with Crippen molar-refractivity contribution in [1.29, 1.82) is 0 Å². The van der Waals surface area contributed by atoms with Gasteiger partial charge in [0.1, 0.15) is 17.4 Å². The van der Waals surface area contributed by atoms with Crippen molar-refractivity contribution in [2.24, 2.45) is 0 Å². The molecule has 1 aromatic heterocycles. The lowest BCUT2D eigenvalue weighted by atomic mass is 10.1. The Morgan fingerprint density at radius 1 is 1.13 bits per heavy atom. The molecule has 1 saturated carbocycles. The second-order valence-electron chi connectivity index (χ2n) is 8.02. The van der Waals surface area contributed by atoms with Crippen LogP contribution in [0.3, 0.4) is 0 Å². The zero-order chi connectivity index (χ0) is 21.2. The van der Waals surface area contributed by atoms with Crippen molar-refractivity contribution >= 4 is 40.0 Å². The molecule has 3 N–H and O–H groups in total. The van der Waals surface area contributed by atoms with Gasteiger partial charge in [-0.2, -0.15) is 0 Å². The van der Waals surface area contributed by atoms with Crippen LogP contribution in [0.1, 0.15) is 36.0 Å². The first-order chi connectivity index (χ1) is 15.2. The van der Waals surface area contributed by atoms with Crippen molar-refractivity contribution in [3.05, 3.63) is 53.2 Å². The molecule has 8 heteroatoms. The van der Waals surface area contributed by atoms with E-state index in [2.05, 4.69) is 25.9 Å². The lowest BCUT2D eigenvalue weighted by Crippen LogP contribution is -2.34. The molecule has 2 aliphatic rings. The Bertz CT molecular complexity index is 1110. The van der Waals surface area contributed by atoms with Crippen molar-refractivity contribution in [3.8, 4) is 5.75 Å². The number of amides is 1. The molecule has 0 unspecified atom stereocenters. The highest BCUT2D eigenvalue weighted by molar-refractivity contribution is 6.34. The summed E-state index contributed by atoms with van der Waals surface area (Å²) in [4.78, 5) is 21.4. The largest absolute Gasteiger partial charge is 0.488 e. The van der Waals surface area contributed by atoms with Gasteiger partial charge in [-0.15, -0.1) is 0 Å². The summed E-state index contributed by atoms with van der Waals surface area (Å²) >= 11 is 6.36. The highest BCUT2D eigenvalue weighted by Crippen LogP contribution is 2.28. The van der Waals surface area contributed by atoms with E-state index in [4.69, 9.17) is 16.3 Å². The average molecular weight is 438 g/mol. The number of rotatable bonds is 6. The molecular weight excluding hydrogens is 414 g/mol. The number of halogens is 1. The van der Waals surface area contributed by atoms with Gasteiger partial charge in [-0.3, -0.25) is 4.79 Å². The number of para-hydroxylation sites is 1. The van der Waals surface area contributed by atoms with E-state index in [9.17, 15) is 4.79 Å². The second-order valence-corrected chi connectivity index (χ2v) is 8.43. The fourth-order valence-electron chi connectivity index (χ4n) is 3.67. The Morgan fingerprint density at radius 2 is 1.97 bits per heavy atom. The number of hydrogen-bond acceptors (Lipinski definition) is 6. The van der Waals surface area contributed by atoms with Gasteiger partial charge in [0.05, 0.1) is 10.6 Å². The third-order valence-electron chi connectivity index (χ3n) is 5.54. The molecule has 0 radical (unpaired) electrons. The van der Waals surface area contributed by atoms with E-state index in [0.29, 0.717) is 22.2 Å². The van der Waals surface area contributed by atoms with Gasteiger partial charge in [0.25, 0.3) is 5.91 Å². The van der Waals surface area contributed by atoms with Gasteiger partial charge < -0.3 is 20.7 Å². The Hall–Kier alpha value is -2.90. The minimum absolute atomic E-state index is 0.138. The van der Waals surface area contributed by atoms with E-state index in [1.807, 2.05) is 18.2 Å². The number of benzene rings is 2. The maximum atomic E-state index is 12.3. The number of hydrogen-bond donors (Lipinski definition) is 3. The van der Waals surface area contributed by atoms with Crippen LogP contribution in [-0.2, 0) is 0 Å². The first-order valence-corrected chi connectivity index (χ1v) is 11.0. The number of ether oxygens (including phenoxy) is 1. The minimum atomic E-state index is -0.138. The smallest absolute Gasteiger partial charge is 0.253 e. The van der Waals surface area contributed by atoms with Crippen LogP contribution >= 0.6 is 11.6 Å². The predicted octanol–water partition coefficient (Wildman–Crippen LogP) is 4.05. The lowest BCUT2D eigenvalue weighted by molar-refractivity contribution is 0.0951. The summed E-state index contributed by atoms with van der Waals surface area (Å²) in [6, 6.07) is 11.4. The van der Waals surface area contributed by atoms with Gasteiger partial charge in [0, 0.05) is 23.3 Å². The standard InChI is InChI=1S/C23H24ClN5O2/c24-19-12-16(6-7-18(19)22(30)27-15-4-5-15)28-23-26-13-14-2-1-3-20(21(14)29-23)31-17-8-10-25-11-9-17/h1-3,6-7,12-13,15,17,25H,4-5,8-11H2,(H,27,30)(H,26,28,29). The van der Waals surface area contributed by atoms with E-state index in [-0.39, 0.29) is 18.1 Å². The van der Waals surface area contributed by atoms with E-state index in [1.165, 1.54) is 0 Å². The molecule has 5 rings (SSSR count). The zero-order valence-electron chi connectivity index (χ0n) is 17.0. The zero-order valence-corrected chi connectivity index (χ0v) is 17.8. The highest BCUT2D eigenvalue weighted by Gasteiger charge is 2.24. The first-order valence-electron chi connectivity index (χ1n) is 10.7. The van der Waals surface area contributed by atoms with Gasteiger partial charge in [0.15, 0.2) is 0 Å². The van der Waals surface area contributed by atoms with Gasteiger partial charge in [0.2, 0.25) is 5.95 Å². The van der Waals surface area contributed by atoms with Gasteiger partial charge in [-0.05, 0) is 63.0 Å². The van der Waals surface area contributed by atoms with Crippen LogP contribution < -0.4 is 20.7 Å². The SMILES string of the molecule is O=C(NC1CC1)c1ccc(Nc2ncc3cccc(OC4CCNCC4)c3n2)cc1Cl. The third-order valence-corrected chi connectivity index (χ3v) is 5.85. The summed E-state index contributed by atoms with van der Waals surface area (Å²) in [5.41, 5.74) is 1.95. The van der Waals surface area contributed by atoms with Crippen LogP contribution in [0.2, 0.25) is 5.02 Å².